The summed E-state index contributed by atoms with van der Waals surface area (Å²) in [5.41, 5.74) is -0.454. The van der Waals surface area contributed by atoms with E-state index in [2.05, 4.69) is 55.4 Å². The first-order chi connectivity index (χ1) is 36.2. The maximum atomic E-state index is 11.9. The van der Waals surface area contributed by atoms with E-state index >= 15 is 0 Å². The number of hydrogen-bond acceptors (Lipinski definition) is 5. The average Bonchev–Trinajstić information content (AvgIpc) is 3.40. The fraction of sp³-hybridized carbons (Fsp3) is 0.956. The Balaban J connectivity index is -0.00000104. The van der Waals surface area contributed by atoms with Gasteiger partial charge in [0.25, 0.3) is 0 Å². The largest absolute Gasteiger partial charge is 0.481 e. The molecule has 0 bridgehead atoms. The van der Waals surface area contributed by atoms with Crippen LogP contribution in [0.2, 0.25) is 0 Å². The minimum absolute atomic E-state index is 0.00412. The van der Waals surface area contributed by atoms with E-state index in [0.717, 1.165) is 64.2 Å². The van der Waals surface area contributed by atoms with Crippen molar-refractivity contribution in [1.29, 1.82) is 0 Å². The summed E-state index contributed by atoms with van der Waals surface area (Å²) < 4.78 is 10.8. The molecule has 0 aliphatic heterocycles. The van der Waals surface area contributed by atoms with Crippen LogP contribution in [0.4, 0.5) is 0 Å². The van der Waals surface area contributed by atoms with Gasteiger partial charge >= 0.3 is 17.9 Å². The summed E-state index contributed by atoms with van der Waals surface area (Å²) in [6.07, 6.45) is 67.0. The summed E-state index contributed by atoms with van der Waals surface area (Å²) in [6, 6.07) is 0. The number of hydrogen-bond donors (Lipinski definition) is 1. The average molecular weight is 1050 g/mol. The van der Waals surface area contributed by atoms with Gasteiger partial charge in [0, 0.05) is 12.8 Å². The Morgan fingerprint density at radius 2 is 0.608 bits per heavy atom. The molecule has 6 nitrogen and oxygen atoms in total. The molecule has 2 atom stereocenters. The Morgan fingerprint density at radius 3 is 0.919 bits per heavy atom. The highest BCUT2D eigenvalue weighted by Gasteiger charge is 2.35. The monoisotopic (exact) mass is 1050 g/mol. The molecule has 444 valence electrons. The smallest absolute Gasteiger partial charge is 0.309 e. The Morgan fingerprint density at radius 1 is 0.338 bits per heavy atom. The number of carbonyl (C=O) groups excluding carboxylic acids is 2. The van der Waals surface area contributed by atoms with Gasteiger partial charge in [-0.25, -0.2) is 0 Å². The van der Waals surface area contributed by atoms with Crippen LogP contribution in [-0.4, -0.2) is 35.7 Å². The molecule has 0 saturated heterocycles. The molecule has 0 radical (unpaired) electrons. The third-order valence-corrected chi connectivity index (χ3v) is 15.8. The van der Waals surface area contributed by atoms with E-state index in [1.165, 1.54) is 270 Å². The quantitative estimate of drug-likeness (QED) is 0.0482. The number of carbonyl (C=O) groups is 3. The van der Waals surface area contributed by atoms with Gasteiger partial charge in [0.15, 0.2) is 0 Å². The van der Waals surface area contributed by atoms with Crippen LogP contribution in [-0.2, 0) is 23.9 Å². The van der Waals surface area contributed by atoms with Crippen LogP contribution in [0.15, 0.2) is 0 Å². The lowest BCUT2D eigenvalue weighted by Crippen LogP contribution is -2.30. The number of unbranched alkanes of at least 4 members (excludes halogenated alkanes) is 41. The molecule has 0 fully saturated rings. The second kappa shape index (κ2) is 65.7. The first kappa shape index (κ1) is 76.6. The van der Waals surface area contributed by atoms with Gasteiger partial charge in [-0.2, -0.15) is 0 Å². The van der Waals surface area contributed by atoms with Crippen molar-refractivity contribution < 1.29 is 29.0 Å². The fourth-order valence-corrected chi connectivity index (χ4v) is 10.3. The van der Waals surface area contributed by atoms with Gasteiger partial charge in [0.05, 0.1) is 12.0 Å². The molecule has 0 saturated carbocycles. The molecule has 0 rings (SSSR count). The molecule has 2 unspecified atom stereocenters. The highest BCUT2D eigenvalue weighted by atomic mass is 16.5. The second-order valence-corrected chi connectivity index (χ2v) is 23.0. The lowest BCUT2D eigenvalue weighted by molar-refractivity contribution is -0.151. The summed E-state index contributed by atoms with van der Waals surface area (Å²) in [7, 11) is 0. The number of rotatable bonds is 57. The van der Waals surface area contributed by atoms with Crippen molar-refractivity contribution in [3.63, 3.8) is 0 Å². The first-order valence-electron chi connectivity index (χ1n) is 33.8. The van der Waals surface area contributed by atoms with Gasteiger partial charge < -0.3 is 14.6 Å². The van der Waals surface area contributed by atoms with Crippen LogP contribution in [0.1, 0.15) is 402 Å². The van der Waals surface area contributed by atoms with Crippen molar-refractivity contribution in [3.8, 4) is 0 Å². The van der Waals surface area contributed by atoms with Crippen molar-refractivity contribution >= 4 is 17.9 Å². The summed E-state index contributed by atoms with van der Waals surface area (Å²) in [5.74, 6) is -0.526. The predicted molar refractivity (Wildman–Crippen MR) is 326 cm³/mol. The number of ether oxygens (including phenoxy) is 2. The zero-order valence-corrected chi connectivity index (χ0v) is 52.0. The summed E-state index contributed by atoms with van der Waals surface area (Å²) in [6.45, 7) is 18.2. The molecule has 0 aromatic carbocycles. The van der Waals surface area contributed by atoms with Crippen molar-refractivity contribution in [3.05, 3.63) is 0 Å². The zero-order valence-electron chi connectivity index (χ0n) is 52.0. The van der Waals surface area contributed by atoms with E-state index in [4.69, 9.17) is 9.47 Å². The van der Waals surface area contributed by atoms with Gasteiger partial charge in [-0.05, 0) is 57.8 Å². The van der Waals surface area contributed by atoms with Crippen LogP contribution in [0, 0.1) is 5.41 Å². The molecule has 0 amide bonds. The Labute approximate surface area is 465 Å². The van der Waals surface area contributed by atoms with Crippen LogP contribution in [0.3, 0.4) is 0 Å². The summed E-state index contributed by atoms with van der Waals surface area (Å²) in [5, 5.41) is 9.78. The Hall–Kier alpha value is -1.59. The molecule has 1 N–H and O–H groups in total. The van der Waals surface area contributed by atoms with E-state index in [1.807, 2.05) is 0 Å². The van der Waals surface area contributed by atoms with Crippen molar-refractivity contribution in [2.45, 2.75) is 408 Å². The molecule has 74 heavy (non-hydrogen) atoms. The van der Waals surface area contributed by atoms with Gasteiger partial charge in [-0.15, -0.1) is 0 Å². The number of carboxylic acids is 1. The standard InChI is InChI=1S/C26H52O2.C24H48O2.C18H36O2/c1-4-7-9-11-12-13-14-15-16-17-18-19-20-22-24-26(6-3,25(27)28)23-21-10-8-5-2;1-4-7-9-10-11-12-13-14-15-16-17-18-20-22-24(25)26-23(6-3)21-19-8-5-2;1-3-5-7-9-10-11-12-13-14-16-18(19)20-17-15-8-6-4-2/h4-24H2,1-3H3,(H,27,28);23H,4-22H2,1-3H3;3-17H2,1-2H3. The van der Waals surface area contributed by atoms with Crippen LogP contribution < -0.4 is 0 Å². The molecule has 0 aliphatic rings. The molecular weight excluding hydrogens is 913 g/mol. The highest BCUT2D eigenvalue weighted by molar-refractivity contribution is 5.74. The first-order valence-corrected chi connectivity index (χ1v) is 33.8. The van der Waals surface area contributed by atoms with E-state index < -0.39 is 11.4 Å². The second-order valence-electron chi connectivity index (χ2n) is 23.0. The Kier molecular flexibility index (Phi) is 68.0. The third kappa shape index (κ3) is 59.7. The molecule has 0 aromatic heterocycles. The minimum atomic E-state index is -0.554. The van der Waals surface area contributed by atoms with Gasteiger partial charge in [0.2, 0.25) is 0 Å². The van der Waals surface area contributed by atoms with E-state index in [1.54, 1.807) is 0 Å². The van der Waals surface area contributed by atoms with Crippen molar-refractivity contribution in [1.82, 2.24) is 0 Å². The van der Waals surface area contributed by atoms with Gasteiger partial charge in [-0.1, -0.05) is 331 Å². The molecule has 0 aromatic rings. The van der Waals surface area contributed by atoms with Gasteiger partial charge in [-0.3, -0.25) is 14.4 Å². The lowest BCUT2D eigenvalue weighted by Gasteiger charge is -2.28. The zero-order chi connectivity index (χ0) is 55.1. The third-order valence-electron chi connectivity index (χ3n) is 15.8. The highest BCUT2D eigenvalue weighted by Crippen LogP contribution is 2.36. The van der Waals surface area contributed by atoms with Crippen LogP contribution >= 0.6 is 0 Å². The topological polar surface area (TPSA) is 89.9 Å². The minimum Gasteiger partial charge on any atom is -0.481 e. The van der Waals surface area contributed by atoms with Gasteiger partial charge in [0.1, 0.15) is 6.10 Å². The Bertz CT molecular complexity index is 1090. The molecule has 6 heteroatoms. The van der Waals surface area contributed by atoms with Crippen molar-refractivity contribution in [2.24, 2.45) is 5.41 Å². The maximum absolute atomic E-state index is 11.9. The van der Waals surface area contributed by atoms with Crippen LogP contribution in [0.25, 0.3) is 0 Å². The van der Waals surface area contributed by atoms with E-state index in [0.29, 0.717) is 19.4 Å². The van der Waals surface area contributed by atoms with Crippen LogP contribution in [0.5, 0.6) is 0 Å². The SMILES string of the molecule is CCCCCCCCCCCC(=O)OCCCCCC.CCCCCCCCCCCCCCCC(=O)OC(CC)CCCCC.CCCCCCCCCCCCCCCCC(CC)(CCCCCC)C(=O)O. The molecular formula is C68H136O6. The fourth-order valence-electron chi connectivity index (χ4n) is 10.3. The normalized spacial score (nSPS) is 12.3. The lowest BCUT2D eigenvalue weighted by atomic mass is 9.76. The van der Waals surface area contributed by atoms with E-state index in [9.17, 15) is 19.5 Å². The number of carboxylic acid groups (broad SMARTS) is 1. The predicted octanol–water partition coefficient (Wildman–Crippen LogP) is 23.7. The molecule has 0 aliphatic carbocycles. The van der Waals surface area contributed by atoms with Crippen molar-refractivity contribution in [2.75, 3.05) is 6.61 Å². The molecule has 0 spiro atoms. The number of aliphatic carboxylic acids is 1. The number of esters is 2. The summed E-state index contributed by atoms with van der Waals surface area (Å²) in [4.78, 5) is 35.3. The maximum Gasteiger partial charge on any atom is 0.309 e. The summed E-state index contributed by atoms with van der Waals surface area (Å²) >= 11 is 0. The van der Waals surface area contributed by atoms with E-state index in [-0.39, 0.29) is 18.0 Å². The molecule has 0 heterocycles.